The van der Waals surface area contributed by atoms with Crippen LogP contribution in [0.2, 0.25) is 5.02 Å². The van der Waals surface area contributed by atoms with Crippen molar-refractivity contribution in [3.8, 4) is 0 Å². The lowest BCUT2D eigenvalue weighted by Crippen LogP contribution is -2.22. The number of primary amides is 1. The van der Waals surface area contributed by atoms with Crippen LogP contribution >= 0.6 is 11.6 Å². The zero-order chi connectivity index (χ0) is 15.2. The number of carbonyl (C=O) groups is 1. The fourth-order valence-corrected chi connectivity index (χ4v) is 5.34. The van der Waals surface area contributed by atoms with Gasteiger partial charge in [0.15, 0.2) is 9.84 Å². The normalized spacial score (nSPS) is 16.6. The zero-order valence-corrected chi connectivity index (χ0v) is 12.8. The quantitative estimate of drug-likeness (QED) is 0.908. The Labute approximate surface area is 127 Å². The molecule has 1 fully saturated rings. The fourth-order valence-electron chi connectivity index (χ4n) is 2.97. The van der Waals surface area contributed by atoms with Gasteiger partial charge in [-0.1, -0.05) is 24.4 Å². The number of sulfone groups is 1. The number of fused-ring (bicyclic) bond motifs is 1. The molecule has 0 bridgehead atoms. The summed E-state index contributed by atoms with van der Waals surface area (Å²) in [5, 5.41) is 0.400. The van der Waals surface area contributed by atoms with Gasteiger partial charge in [-0.05, 0) is 31.0 Å². The van der Waals surface area contributed by atoms with E-state index < -0.39 is 21.0 Å². The predicted octanol–water partition coefficient (Wildman–Crippen LogP) is 2.64. The molecule has 0 radical (unpaired) electrons. The number of H-pyrrole nitrogens is 1. The SMILES string of the molecule is NC(=O)c1[nH]c2ccc(Cl)cc2c1S(=O)(=O)C1CCCC1. The number of aromatic nitrogens is 1. The number of rotatable bonds is 3. The van der Waals surface area contributed by atoms with Crippen molar-refractivity contribution in [2.24, 2.45) is 5.73 Å². The number of aromatic amines is 1. The average Bonchev–Trinajstić information content (AvgIpc) is 3.05. The largest absolute Gasteiger partial charge is 0.364 e. The van der Waals surface area contributed by atoms with Gasteiger partial charge in [0.2, 0.25) is 0 Å². The molecule has 0 unspecified atom stereocenters. The van der Waals surface area contributed by atoms with Gasteiger partial charge in [-0.3, -0.25) is 4.79 Å². The van der Waals surface area contributed by atoms with Crippen molar-refractivity contribution >= 4 is 38.2 Å². The number of hydrogen-bond acceptors (Lipinski definition) is 3. The molecule has 1 aromatic heterocycles. The van der Waals surface area contributed by atoms with Gasteiger partial charge in [0.25, 0.3) is 5.91 Å². The molecule has 2 aromatic rings. The third-order valence-electron chi connectivity index (χ3n) is 3.98. The maximum absolute atomic E-state index is 12.9. The van der Waals surface area contributed by atoms with Crippen LogP contribution in [0, 0.1) is 0 Å². The van der Waals surface area contributed by atoms with Gasteiger partial charge in [0.05, 0.1) is 5.25 Å². The van der Waals surface area contributed by atoms with E-state index in [1.54, 1.807) is 18.2 Å². The highest BCUT2D eigenvalue weighted by atomic mass is 35.5. The van der Waals surface area contributed by atoms with Crippen LogP contribution in [-0.2, 0) is 9.84 Å². The maximum Gasteiger partial charge on any atom is 0.266 e. The summed E-state index contributed by atoms with van der Waals surface area (Å²) >= 11 is 5.96. The number of nitrogens with one attached hydrogen (secondary N) is 1. The molecular formula is C14H15ClN2O3S. The van der Waals surface area contributed by atoms with Crippen LogP contribution in [0.3, 0.4) is 0 Å². The van der Waals surface area contributed by atoms with Crippen LogP contribution in [0.5, 0.6) is 0 Å². The number of nitrogens with two attached hydrogens (primary N) is 1. The number of hydrogen-bond donors (Lipinski definition) is 2. The smallest absolute Gasteiger partial charge is 0.266 e. The first-order chi connectivity index (χ1) is 9.91. The van der Waals surface area contributed by atoms with E-state index in [-0.39, 0.29) is 10.6 Å². The third kappa shape index (κ3) is 2.32. The van der Waals surface area contributed by atoms with Crippen LogP contribution in [-0.4, -0.2) is 24.6 Å². The van der Waals surface area contributed by atoms with E-state index in [4.69, 9.17) is 17.3 Å². The lowest BCUT2D eigenvalue weighted by atomic mass is 10.2. The summed E-state index contributed by atoms with van der Waals surface area (Å²) in [6, 6.07) is 4.84. The summed E-state index contributed by atoms with van der Waals surface area (Å²) < 4.78 is 25.8. The molecule has 0 spiro atoms. The van der Waals surface area contributed by atoms with Gasteiger partial charge in [0, 0.05) is 15.9 Å². The Balaban J connectivity index is 2.31. The second-order valence-electron chi connectivity index (χ2n) is 5.33. The number of carbonyl (C=O) groups excluding carboxylic acids is 1. The molecule has 1 aromatic carbocycles. The van der Waals surface area contributed by atoms with Gasteiger partial charge in [0.1, 0.15) is 10.6 Å². The highest BCUT2D eigenvalue weighted by molar-refractivity contribution is 7.92. The molecule has 21 heavy (non-hydrogen) atoms. The van der Waals surface area contributed by atoms with E-state index in [1.165, 1.54) is 0 Å². The molecule has 7 heteroatoms. The minimum absolute atomic E-state index is 0.000556. The summed E-state index contributed by atoms with van der Waals surface area (Å²) in [5.41, 5.74) is 5.83. The van der Waals surface area contributed by atoms with E-state index >= 15 is 0 Å². The first-order valence-corrected chi connectivity index (χ1v) is 8.68. The molecule has 0 atom stereocenters. The molecule has 1 saturated carbocycles. The summed E-state index contributed by atoms with van der Waals surface area (Å²) in [6.07, 6.45) is 3.01. The van der Waals surface area contributed by atoms with E-state index in [2.05, 4.69) is 4.98 Å². The van der Waals surface area contributed by atoms with Crippen LogP contribution in [0.25, 0.3) is 10.9 Å². The van der Waals surface area contributed by atoms with Gasteiger partial charge in [-0.2, -0.15) is 0 Å². The molecule has 3 N–H and O–H groups in total. The van der Waals surface area contributed by atoms with Crippen LogP contribution in [0.15, 0.2) is 23.1 Å². The second-order valence-corrected chi connectivity index (χ2v) is 7.94. The standard InChI is InChI=1S/C14H15ClN2O3S/c15-8-5-6-11-10(7-8)13(12(17-11)14(16)18)21(19,20)9-3-1-2-4-9/h5-7,9,17H,1-4H2,(H2,16,18). The highest BCUT2D eigenvalue weighted by Crippen LogP contribution is 2.36. The average molecular weight is 327 g/mol. The monoisotopic (exact) mass is 326 g/mol. The summed E-state index contributed by atoms with van der Waals surface area (Å²) in [7, 11) is -3.61. The first kappa shape index (κ1) is 14.4. The molecule has 1 amide bonds. The van der Waals surface area contributed by atoms with Crippen LogP contribution < -0.4 is 5.73 Å². The Kier molecular flexibility index (Phi) is 3.45. The second kappa shape index (κ2) is 5.03. The topological polar surface area (TPSA) is 93.0 Å². The van der Waals surface area contributed by atoms with Crippen molar-refractivity contribution in [3.63, 3.8) is 0 Å². The molecular weight excluding hydrogens is 312 g/mol. The number of halogens is 1. The van der Waals surface area contributed by atoms with Gasteiger partial charge in [-0.15, -0.1) is 0 Å². The Morgan fingerprint density at radius 1 is 1.29 bits per heavy atom. The Morgan fingerprint density at radius 2 is 1.95 bits per heavy atom. The molecule has 1 heterocycles. The Bertz CT molecular complexity index is 820. The molecule has 5 nitrogen and oxygen atoms in total. The molecule has 0 saturated heterocycles. The van der Waals surface area contributed by atoms with E-state index in [0.717, 1.165) is 12.8 Å². The van der Waals surface area contributed by atoms with Gasteiger partial charge >= 0.3 is 0 Å². The molecule has 112 valence electrons. The first-order valence-electron chi connectivity index (χ1n) is 6.76. The number of amides is 1. The molecule has 0 aliphatic heterocycles. The van der Waals surface area contributed by atoms with Crippen LogP contribution in [0.4, 0.5) is 0 Å². The van der Waals surface area contributed by atoms with Crippen molar-refractivity contribution < 1.29 is 13.2 Å². The van der Waals surface area contributed by atoms with E-state index in [1.807, 2.05) is 0 Å². The van der Waals surface area contributed by atoms with E-state index in [0.29, 0.717) is 28.8 Å². The fraction of sp³-hybridized carbons (Fsp3) is 0.357. The van der Waals surface area contributed by atoms with Crippen molar-refractivity contribution in [2.75, 3.05) is 0 Å². The molecule has 3 rings (SSSR count). The molecule has 1 aliphatic rings. The van der Waals surface area contributed by atoms with Crippen LogP contribution in [0.1, 0.15) is 36.2 Å². The Morgan fingerprint density at radius 3 is 2.57 bits per heavy atom. The van der Waals surface area contributed by atoms with Gasteiger partial charge < -0.3 is 10.7 Å². The number of benzene rings is 1. The minimum Gasteiger partial charge on any atom is -0.364 e. The predicted molar refractivity (Wildman–Crippen MR) is 81.3 cm³/mol. The summed E-state index contributed by atoms with van der Waals surface area (Å²) in [4.78, 5) is 14.4. The van der Waals surface area contributed by atoms with Gasteiger partial charge in [-0.25, -0.2) is 8.42 Å². The summed E-state index contributed by atoms with van der Waals surface area (Å²) in [5.74, 6) is -0.779. The van der Waals surface area contributed by atoms with Crippen molar-refractivity contribution in [1.29, 1.82) is 0 Å². The maximum atomic E-state index is 12.9. The van der Waals surface area contributed by atoms with Crippen molar-refractivity contribution in [1.82, 2.24) is 4.98 Å². The minimum atomic E-state index is -3.61. The third-order valence-corrected chi connectivity index (χ3v) is 6.56. The van der Waals surface area contributed by atoms with Crippen molar-refractivity contribution in [3.05, 3.63) is 28.9 Å². The summed E-state index contributed by atoms with van der Waals surface area (Å²) in [6.45, 7) is 0. The lowest BCUT2D eigenvalue weighted by molar-refractivity contribution is 0.0993. The lowest BCUT2D eigenvalue weighted by Gasteiger charge is -2.11. The Hall–Kier alpha value is -1.53. The molecule has 1 aliphatic carbocycles. The van der Waals surface area contributed by atoms with Crippen molar-refractivity contribution in [2.45, 2.75) is 35.8 Å². The van der Waals surface area contributed by atoms with E-state index in [9.17, 15) is 13.2 Å². The highest BCUT2D eigenvalue weighted by Gasteiger charge is 2.35. The zero-order valence-electron chi connectivity index (χ0n) is 11.2.